The number of hydrogen-bond donors (Lipinski definition) is 2. The first kappa shape index (κ1) is 15.1. The predicted molar refractivity (Wildman–Crippen MR) is 96.4 cm³/mol. The second-order valence-electron chi connectivity index (χ2n) is 5.83. The molecule has 0 amide bonds. The molecule has 0 aliphatic rings. The standard InChI is InChI=1S/C20H15N3O2/c1-12(24)13-7-8-17-18(11-13)23-19(22-17)15-5-2-4-14(10-15)16-6-3-9-21-20(16)25/h2-11H,1H3,(H,21,25)(H,22,23). The summed E-state index contributed by atoms with van der Waals surface area (Å²) in [5, 5.41) is 9.96. The maximum atomic E-state index is 11.5. The maximum absolute atomic E-state index is 11.5. The van der Waals surface area contributed by atoms with Gasteiger partial charge in [-0.2, -0.15) is 0 Å². The minimum atomic E-state index is -0.00430. The normalized spacial score (nSPS) is 10.9. The van der Waals surface area contributed by atoms with Gasteiger partial charge in [0.05, 0.1) is 11.0 Å². The van der Waals surface area contributed by atoms with Crippen LogP contribution < -0.4 is 0 Å². The molecule has 0 fully saturated rings. The highest BCUT2D eigenvalue weighted by atomic mass is 16.3. The number of nitrogens with one attached hydrogen (secondary N) is 1. The molecule has 2 heterocycles. The zero-order valence-electron chi connectivity index (χ0n) is 13.5. The number of fused-ring (bicyclic) bond motifs is 1. The Morgan fingerprint density at radius 1 is 1.04 bits per heavy atom. The Labute approximate surface area is 144 Å². The number of imidazole rings is 1. The van der Waals surface area contributed by atoms with Crippen LogP contribution in [0.4, 0.5) is 0 Å². The van der Waals surface area contributed by atoms with Crippen molar-refractivity contribution >= 4 is 16.8 Å². The van der Waals surface area contributed by atoms with Crippen LogP contribution in [0.1, 0.15) is 17.3 Å². The number of benzene rings is 2. The monoisotopic (exact) mass is 329 g/mol. The summed E-state index contributed by atoms with van der Waals surface area (Å²) in [5.74, 6) is 0.719. The highest BCUT2D eigenvalue weighted by Crippen LogP contribution is 2.30. The number of ketones is 1. The molecular weight excluding hydrogens is 314 g/mol. The molecule has 25 heavy (non-hydrogen) atoms. The van der Waals surface area contributed by atoms with Crippen molar-refractivity contribution < 1.29 is 9.90 Å². The minimum absolute atomic E-state index is 0.00430. The fraction of sp³-hybridized carbons (Fsp3) is 0.0500. The summed E-state index contributed by atoms with van der Waals surface area (Å²) >= 11 is 0. The molecule has 0 bridgehead atoms. The van der Waals surface area contributed by atoms with Crippen molar-refractivity contribution in [2.45, 2.75) is 6.92 Å². The van der Waals surface area contributed by atoms with E-state index in [-0.39, 0.29) is 11.7 Å². The quantitative estimate of drug-likeness (QED) is 0.552. The van der Waals surface area contributed by atoms with Crippen LogP contribution in [0.25, 0.3) is 33.5 Å². The van der Waals surface area contributed by atoms with Crippen LogP contribution in [0.15, 0.2) is 60.8 Å². The lowest BCUT2D eigenvalue weighted by atomic mass is 10.0. The van der Waals surface area contributed by atoms with E-state index in [0.717, 1.165) is 22.2 Å². The number of H-pyrrole nitrogens is 1. The molecule has 4 aromatic rings. The van der Waals surface area contributed by atoms with Gasteiger partial charge in [-0.3, -0.25) is 4.79 Å². The molecule has 0 aliphatic heterocycles. The molecule has 2 aromatic carbocycles. The Bertz CT molecular complexity index is 1100. The first-order chi connectivity index (χ1) is 12.1. The van der Waals surface area contributed by atoms with Crippen molar-refractivity contribution in [3.63, 3.8) is 0 Å². The van der Waals surface area contributed by atoms with Crippen molar-refractivity contribution in [1.29, 1.82) is 0 Å². The second-order valence-corrected chi connectivity index (χ2v) is 5.83. The number of hydrogen-bond acceptors (Lipinski definition) is 4. The number of rotatable bonds is 3. The number of nitrogens with zero attached hydrogens (tertiary/aromatic N) is 2. The van der Waals surface area contributed by atoms with Gasteiger partial charge in [0.15, 0.2) is 5.78 Å². The first-order valence-corrected chi connectivity index (χ1v) is 7.87. The van der Waals surface area contributed by atoms with E-state index in [1.54, 1.807) is 31.3 Å². The molecular formula is C20H15N3O2. The Hall–Kier alpha value is -3.47. The molecule has 5 nitrogen and oxygen atoms in total. The molecule has 0 spiro atoms. The lowest BCUT2D eigenvalue weighted by Gasteiger charge is -2.05. The van der Waals surface area contributed by atoms with Crippen molar-refractivity contribution in [2.24, 2.45) is 0 Å². The van der Waals surface area contributed by atoms with E-state index < -0.39 is 0 Å². The smallest absolute Gasteiger partial charge is 0.218 e. The first-order valence-electron chi connectivity index (χ1n) is 7.87. The molecule has 0 saturated heterocycles. The highest BCUT2D eigenvalue weighted by molar-refractivity contribution is 5.97. The van der Waals surface area contributed by atoms with E-state index in [1.165, 1.54) is 0 Å². The van der Waals surface area contributed by atoms with Gasteiger partial charge < -0.3 is 10.1 Å². The molecule has 5 heteroatoms. The van der Waals surface area contributed by atoms with Crippen molar-refractivity contribution in [3.8, 4) is 28.4 Å². The number of aromatic nitrogens is 3. The molecule has 0 saturated carbocycles. The molecule has 0 unspecified atom stereocenters. The van der Waals surface area contributed by atoms with E-state index >= 15 is 0 Å². The van der Waals surface area contributed by atoms with Gasteiger partial charge in [-0.05, 0) is 48.9 Å². The highest BCUT2D eigenvalue weighted by Gasteiger charge is 2.10. The fourth-order valence-electron chi connectivity index (χ4n) is 2.82. The van der Waals surface area contributed by atoms with Crippen molar-refractivity contribution in [3.05, 3.63) is 66.4 Å². The summed E-state index contributed by atoms with van der Waals surface area (Å²) < 4.78 is 0. The Morgan fingerprint density at radius 3 is 2.68 bits per heavy atom. The van der Waals surface area contributed by atoms with E-state index in [4.69, 9.17) is 0 Å². The molecule has 122 valence electrons. The SMILES string of the molecule is CC(=O)c1ccc2[nH]c(-c3cccc(-c4cccnc4O)c3)nc2c1. The number of carbonyl (C=O) groups excluding carboxylic acids is 1. The van der Waals surface area contributed by atoms with Gasteiger partial charge in [-0.25, -0.2) is 9.97 Å². The van der Waals surface area contributed by atoms with E-state index in [9.17, 15) is 9.90 Å². The van der Waals surface area contributed by atoms with Gasteiger partial charge >= 0.3 is 0 Å². The number of Topliss-reactive ketones (excluding diaryl/α,β-unsaturated/α-hetero) is 1. The topological polar surface area (TPSA) is 78.9 Å². The maximum Gasteiger partial charge on any atom is 0.218 e. The Balaban J connectivity index is 1.80. The summed E-state index contributed by atoms with van der Waals surface area (Å²) in [5.41, 5.74) is 4.67. The van der Waals surface area contributed by atoms with Crippen LogP contribution in [0.2, 0.25) is 0 Å². The third kappa shape index (κ3) is 2.76. The van der Waals surface area contributed by atoms with Crippen molar-refractivity contribution in [1.82, 2.24) is 15.0 Å². The molecule has 0 radical (unpaired) electrons. The van der Waals surface area contributed by atoms with Crippen LogP contribution >= 0.6 is 0 Å². The van der Waals surface area contributed by atoms with Gasteiger partial charge in [0.1, 0.15) is 5.82 Å². The zero-order valence-corrected chi connectivity index (χ0v) is 13.5. The van der Waals surface area contributed by atoms with Crippen LogP contribution in [0.3, 0.4) is 0 Å². The van der Waals surface area contributed by atoms with E-state index in [0.29, 0.717) is 17.0 Å². The molecule has 2 N–H and O–H groups in total. The summed E-state index contributed by atoms with van der Waals surface area (Å²) in [6.07, 6.45) is 1.55. The second kappa shape index (κ2) is 5.87. The van der Waals surface area contributed by atoms with Crippen LogP contribution in [0, 0.1) is 0 Å². The summed E-state index contributed by atoms with van der Waals surface area (Å²) in [4.78, 5) is 23.3. The zero-order chi connectivity index (χ0) is 17.4. The van der Waals surface area contributed by atoms with Crippen LogP contribution in [0.5, 0.6) is 5.88 Å². The van der Waals surface area contributed by atoms with Gasteiger partial charge in [0, 0.05) is 22.9 Å². The summed E-state index contributed by atoms with van der Waals surface area (Å²) in [6.45, 7) is 1.54. The predicted octanol–water partition coefficient (Wildman–Crippen LogP) is 4.20. The third-order valence-corrected chi connectivity index (χ3v) is 4.12. The largest absolute Gasteiger partial charge is 0.493 e. The lowest BCUT2D eigenvalue weighted by molar-refractivity contribution is 0.101. The van der Waals surface area contributed by atoms with E-state index in [1.807, 2.05) is 36.4 Å². The number of aromatic amines is 1. The van der Waals surface area contributed by atoms with Crippen LogP contribution in [-0.2, 0) is 0 Å². The van der Waals surface area contributed by atoms with Gasteiger partial charge in [0.2, 0.25) is 5.88 Å². The Morgan fingerprint density at radius 2 is 1.88 bits per heavy atom. The number of pyridine rings is 1. The summed E-state index contributed by atoms with van der Waals surface area (Å²) in [7, 11) is 0. The Kier molecular flexibility index (Phi) is 3.54. The number of carbonyl (C=O) groups is 1. The van der Waals surface area contributed by atoms with E-state index in [2.05, 4.69) is 15.0 Å². The van der Waals surface area contributed by atoms with Gasteiger partial charge in [-0.15, -0.1) is 0 Å². The van der Waals surface area contributed by atoms with Crippen LogP contribution in [-0.4, -0.2) is 25.8 Å². The minimum Gasteiger partial charge on any atom is -0.493 e. The average molecular weight is 329 g/mol. The molecule has 2 aromatic heterocycles. The number of aromatic hydroxyl groups is 1. The van der Waals surface area contributed by atoms with Gasteiger partial charge in [-0.1, -0.05) is 18.2 Å². The third-order valence-electron chi connectivity index (χ3n) is 4.12. The lowest BCUT2D eigenvalue weighted by Crippen LogP contribution is -1.90. The molecule has 4 rings (SSSR count). The molecule has 0 atom stereocenters. The van der Waals surface area contributed by atoms with Crippen molar-refractivity contribution in [2.75, 3.05) is 0 Å². The van der Waals surface area contributed by atoms with Gasteiger partial charge in [0.25, 0.3) is 0 Å². The fourth-order valence-corrected chi connectivity index (χ4v) is 2.82. The average Bonchev–Trinajstić information content (AvgIpc) is 3.05. The molecule has 0 aliphatic carbocycles. The summed E-state index contributed by atoms with van der Waals surface area (Å²) in [6, 6.07) is 16.7.